The fourth-order valence-electron chi connectivity index (χ4n) is 3.72. The molecule has 2 nitrogen and oxygen atoms in total. The second kappa shape index (κ2) is 10.8. The Morgan fingerprint density at radius 2 is 1.00 bits per heavy atom. The molecule has 0 aliphatic carbocycles. The van der Waals surface area contributed by atoms with Crippen LogP contribution in [-0.2, 0) is 18.6 Å². The van der Waals surface area contributed by atoms with Crippen molar-refractivity contribution in [1.29, 1.82) is 0 Å². The molecule has 4 aromatic carbocycles. The van der Waals surface area contributed by atoms with E-state index in [0.29, 0.717) is 0 Å². The molecule has 0 spiro atoms. The zero-order chi connectivity index (χ0) is 27.5. The number of alkyl halides is 4. The molecule has 0 fully saturated rings. The number of rotatable bonds is 9. The average Bonchev–Trinajstić information content (AvgIpc) is 2.88. The third-order valence-electron chi connectivity index (χ3n) is 5.68. The first-order chi connectivity index (χ1) is 18.0. The topological polar surface area (TPSA) is 18.5 Å². The van der Waals surface area contributed by atoms with E-state index in [0.717, 1.165) is 66.9 Å². The van der Waals surface area contributed by atoms with Gasteiger partial charge in [0.25, 0.3) is 0 Å². The number of ether oxygens (including phenoxy) is 2. The predicted molar refractivity (Wildman–Crippen MR) is 128 cm³/mol. The van der Waals surface area contributed by atoms with Crippen LogP contribution in [0.4, 0.5) is 30.7 Å². The summed E-state index contributed by atoms with van der Waals surface area (Å²) in [5.74, 6) is -4.99. The summed E-state index contributed by atoms with van der Waals surface area (Å²) in [6.07, 6.45) is -5.89. The molecule has 0 amide bonds. The maximum absolute atomic E-state index is 14.7. The van der Waals surface area contributed by atoms with Crippen molar-refractivity contribution in [3.63, 3.8) is 0 Å². The minimum atomic E-state index is -3.84. The lowest BCUT2D eigenvalue weighted by molar-refractivity contribution is -0.187. The molecule has 4 aromatic rings. The van der Waals surface area contributed by atoms with Gasteiger partial charge in [-0.3, -0.25) is 0 Å². The first kappa shape index (κ1) is 27.0. The summed E-state index contributed by atoms with van der Waals surface area (Å²) in [7, 11) is 0. The van der Waals surface area contributed by atoms with Crippen LogP contribution in [0.5, 0.6) is 11.5 Å². The van der Waals surface area contributed by atoms with Gasteiger partial charge < -0.3 is 9.47 Å². The minimum absolute atomic E-state index is 0.00371. The maximum atomic E-state index is 14.7. The van der Waals surface area contributed by atoms with Gasteiger partial charge in [-0.25, -0.2) is 13.2 Å². The molecule has 0 saturated heterocycles. The SMILES string of the molecule is CCCc1ccc(C(F)(F)Oc2ccc(C(F)(F)Oc3ccc(-c4cc(F)c(F)c(F)c4)cc3)cc2)cc1. The molecule has 0 bridgehead atoms. The highest BCUT2D eigenvalue weighted by atomic mass is 19.3. The van der Waals surface area contributed by atoms with Gasteiger partial charge in [0.1, 0.15) is 11.5 Å². The van der Waals surface area contributed by atoms with Crippen molar-refractivity contribution < 1.29 is 40.2 Å². The molecule has 38 heavy (non-hydrogen) atoms. The van der Waals surface area contributed by atoms with Gasteiger partial charge in [-0.05, 0) is 83.8 Å². The van der Waals surface area contributed by atoms with Crippen LogP contribution in [0.15, 0.2) is 84.9 Å². The van der Waals surface area contributed by atoms with E-state index < -0.39 is 35.2 Å². The Morgan fingerprint density at radius 1 is 0.579 bits per heavy atom. The second-order valence-electron chi connectivity index (χ2n) is 8.49. The van der Waals surface area contributed by atoms with Crippen LogP contribution < -0.4 is 9.47 Å². The lowest BCUT2D eigenvalue weighted by Crippen LogP contribution is -2.23. The average molecular weight is 534 g/mol. The van der Waals surface area contributed by atoms with Crippen LogP contribution in [-0.4, -0.2) is 0 Å². The Hall–Kier alpha value is -4.01. The molecule has 0 N–H and O–H groups in total. The number of benzene rings is 4. The smallest absolute Gasteiger partial charge is 0.426 e. The Labute approximate surface area is 214 Å². The molecule has 0 aliphatic rings. The monoisotopic (exact) mass is 534 g/mol. The van der Waals surface area contributed by atoms with Crippen molar-refractivity contribution in [3.8, 4) is 22.6 Å². The highest BCUT2D eigenvalue weighted by Gasteiger charge is 2.37. The van der Waals surface area contributed by atoms with Crippen molar-refractivity contribution in [2.75, 3.05) is 0 Å². The van der Waals surface area contributed by atoms with Gasteiger partial charge in [0.2, 0.25) is 0 Å². The predicted octanol–water partition coefficient (Wildman–Crippen LogP) is 8.98. The largest absolute Gasteiger partial charge is 0.429 e. The van der Waals surface area contributed by atoms with E-state index in [2.05, 4.69) is 0 Å². The molecule has 0 atom stereocenters. The molecule has 0 heterocycles. The lowest BCUT2D eigenvalue weighted by Gasteiger charge is -2.21. The van der Waals surface area contributed by atoms with Crippen molar-refractivity contribution in [2.45, 2.75) is 32.0 Å². The van der Waals surface area contributed by atoms with E-state index in [1.807, 2.05) is 6.92 Å². The zero-order valence-electron chi connectivity index (χ0n) is 20.0. The van der Waals surface area contributed by atoms with Crippen LogP contribution in [0.25, 0.3) is 11.1 Å². The molecular formula is C29H21F7O2. The van der Waals surface area contributed by atoms with Crippen LogP contribution in [0.3, 0.4) is 0 Å². The van der Waals surface area contributed by atoms with Gasteiger partial charge in [-0.1, -0.05) is 37.6 Å². The van der Waals surface area contributed by atoms with E-state index in [1.54, 1.807) is 12.1 Å². The summed E-state index contributed by atoms with van der Waals surface area (Å²) in [6, 6.07) is 15.8. The van der Waals surface area contributed by atoms with E-state index in [4.69, 9.17) is 9.47 Å². The van der Waals surface area contributed by atoms with Crippen molar-refractivity contribution in [2.24, 2.45) is 0 Å². The minimum Gasteiger partial charge on any atom is -0.429 e. The molecule has 0 unspecified atom stereocenters. The number of aryl methyl sites for hydroxylation is 1. The first-order valence-electron chi connectivity index (χ1n) is 11.6. The number of halogens is 7. The molecule has 0 radical (unpaired) electrons. The Balaban J connectivity index is 1.43. The fourth-order valence-corrected chi connectivity index (χ4v) is 3.72. The van der Waals surface area contributed by atoms with E-state index in [9.17, 15) is 30.7 Å². The van der Waals surface area contributed by atoms with Crippen molar-refractivity contribution >= 4 is 0 Å². The van der Waals surface area contributed by atoms with E-state index in [-0.39, 0.29) is 28.2 Å². The lowest BCUT2D eigenvalue weighted by atomic mass is 10.1. The summed E-state index contributed by atoms with van der Waals surface area (Å²) >= 11 is 0. The van der Waals surface area contributed by atoms with Gasteiger partial charge in [0.05, 0.1) is 11.1 Å². The summed E-state index contributed by atoms with van der Waals surface area (Å²) in [4.78, 5) is 0. The van der Waals surface area contributed by atoms with Crippen molar-refractivity contribution in [1.82, 2.24) is 0 Å². The zero-order valence-corrected chi connectivity index (χ0v) is 20.0. The molecule has 0 aromatic heterocycles. The van der Waals surface area contributed by atoms with Crippen LogP contribution >= 0.6 is 0 Å². The maximum Gasteiger partial charge on any atom is 0.426 e. The fraction of sp³-hybridized carbons (Fsp3) is 0.172. The van der Waals surface area contributed by atoms with Gasteiger partial charge in [-0.2, -0.15) is 17.6 Å². The highest BCUT2D eigenvalue weighted by molar-refractivity contribution is 5.64. The quantitative estimate of drug-likeness (QED) is 0.158. The van der Waals surface area contributed by atoms with Crippen molar-refractivity contribution in [3.05, 3.63) is 119 Å². The van der Waals surface area contributed by atoms with Gasteiger partial charge >= 0.3 is 12.2 Å². The standard InChI is InChI=1S/C29H21F7O2/c1-2-3-18-4-8-21(9-5-18)28(33,34)38-24-14-10-22(11-15-24)29(35,36)37-23-12-6-19(7-13-23)20-16-25(30)27(32)26(31)17-20/h4-17H,2-3H2,1H3. The molecule has 0 aliphatic heterocycles. The Bertz CT molecular complexity index is 1360. The van der Waals surface area contributed by atoms with Crippen LogP contribution in [0.2, 0.25) is 0 Å². The second-order valence-corrected chi connectivity index (χ2v) is 8.49. The molecule has 0 saturated carbocycles. The third kappa shape index (κ3) is 6.10. The van der Waals surface area contributed by atoms with Crippen LogP contribution in [0, 0.1) is 17.5 Å². The third-order valence-corrected chi connectivity index (χ3v) is 5.68. The van der Waals surface area contributed by atoms with E-state index in [1.165, 1.54) is 24.3 Å². The number of hydrogen-bond donors (Lipinski definition) is 0. The van der Waals surface area contributed by atoms with Gasteiger partial charge in [0, 0.05) is 0 Å². The Morgan fingerprint density at radius 3 is 1.45 bits per heavy atom. The van der Waals surface area contributed by atoms with Crippen LogP contribution in [0.1, 0.15) is 30.0 Å². The molecular weight excluding hydrogens is 513 g/mol. The molecule has 4 rings (SSSR count). The summed E-state index contributed by atoms with van der Waals surface area (Å²) in [5.41, 5.74) is 0.157. The first-order valence-corrected chi connectivity index (χ1v) is 11.6. The Kier molecular flexibility index (Phi) is 7.66. The van der Waals surface area contributed by atoms with E-state index >= 15 is 0 Å². The number of hydrogen-bond acceptors (Lipinski definition) is 2. The highest BCUT2D eigenvalue weighted by Crippen LogP contribution is 2.36. The normalized spacial score (nSPS) is 11.9. The van der Waals surface area contributed by atoms with Gasteiger partial charge in [0.15, 0.2) is 17.5 Å². The molecule has 9 heteroatoms. The summed E-state index contributed by atoms with van der Waals surface area (Å²) < 4.78 is 108. The summed E-state index contributed by atoms with van der Waals surface area (Å²) in [6.45, 7) is 1.97. The summed E-state index contributed by atoms with van der Waals surface area (Å²) in [5, 5.41) is 0. The molecule has 198 valence electrons. The van der Waals surface area contributed by atoms with Gasteiger partial charge in [-0.15, -0.1) is 0 Å².